The molecule has 0 saturated carbocycles. The maximum atomic E-state index is 12.2. The summed E-state index contributed by atoms with van der Waals surface area (Å²) in [6.07, 6.45) is 5.26. The smallest absolute Gasteiger partial charge is 0.350 e. The van der Waals surface area contributed by atoms with Crippen LogP contribution in [-0.2, 0) is 0 Å². The van der Waals surface area contributed by atoms with Crippen LogP contribution in [0, 0.1) is 19.3 Å². The van der Waals surface area contributed by atoms with Crippen molar-refractivity contribution in [3.63, 3.8) is 0 Å². The molecule has 2 aromatic heterocycles. The zero-order valence-corrected chi connectivity index (χ0v) is 13.5. The van der Waals surface area contributed by atoms with Gasteiger partial charge in [0.1, 0.15) is 5.75 Å². The molecular formula is C16H14N4O2S. The molecule has 0 aliphatic heterocycles. The molecule has 0 aliphatic rings. The summed E-state index contributed by atoms with van der Waals surface area (Å²) in [6.45, 7) is 1.85. The van der Waals surface area contributed by atoms with E-state index in [4.69, 9.17) is 11.2 Å². The van der Waals surface area contributed by atoms with Gasteiger partial charge >= 0.3 is 5.69 Å². The highest BCUT2D eigenvalue weighted by Gasteiger charge is 2.16. The van der Waals surface area contributed by atoms with Crippen molar-refractivity contribution in [1.29, 1.82) is 0 Å². The number of aromatic nitrogens is 4. The van der Waals surface area contributed by atoms with Crippen molar-refractivity contribution in [1.82, 2.24) is 19.6 Å². The molecule has 23 heavy (non-hydrogen) atoms. The molecule has 1 N–H and O–H groups in total. The minimum absolute atomic E-state index is 0.336. The molecule has 0 bridgehead atoms. The number of methoxy groups -OCH3 is 1. The minimum Gasteiger partial charge on any atom is -0.497 e. The fourth-order valence-corrected chi connectivity index (χ4v) is 2.83. The zero-order chi connectivity index (χ0) is 16.4. The second-order valence-electron chi connectivity index (χ2n) is 4.76. The van der Waals surface area contributed by atoms with Crippen molar-refractivity contribution < 1.29 is 4.74 Å². The van der Waals surface area contributed by atoms with E-state index in [-0.39, 0.29) is 5.69 Å². The summed E-state index contributed by atoms with van der Waals surface area (Å²) < 4.78 is 6.45. The molecule has 0 aliphatic carbocycles. The quantitative estimate of drug-likeness (QED) is 0.587. The number of hydrogen-bond acceptors (Lipinski definition) is 5. The number of fused-ring (bicyclic) bond motifs is 1. The van der Waals surface area contributed by atoms with Gasteiger partial charge in [-0.25, -0.2) is 9.78 Å². The Morgan fingerprint density at radius 1 is 1.39 bits per heavy atom. The van der Waals surface area contributed by atoms with Crippen molar-refractivity contribution in [3.8, 4) is 29.2 Å². The summed E-state index contributed by atoms with van der Waals surface area (Å²) in [6, 6.07) is 7.55. The molecule has 0 saturated heterocycles. The van der Waals surface area contributed by atoms with E-state index in [0.717, 1.165) is 22.6 Å². The van der Waals surface area contributed by atoms with Crippen molar-refractivity contribution >= 4 is 17.4 Å². The van der Waals surface area contributed by atoms with E-state index in [0.29, 0.717) is 16.6 Å². The topological polar surface area (TPSA) is 72.3 Å². The molecule has 0 amide bonds. The number of hydrogen-bond donors (Lipinski definition) is 1. The van der Waals surface area contributed by atoms with Gasteiger partial charge < -0.3 is 4.74 Å². The molecule has 0 atom stereocenters. The van der Waals surface area contributed by atoms with Crippen LogP contribution in [0.25, 0.3) is 16.8 Å². The maximum absolute atomic E-state index is 12.2. The van der Waals surface area contributed by atoms with Crippen LogP contribution in [0.3, 0.4) is 0 Å². The molecule has 0 radical (unpaired) electrons. The van der Waals surface area contributed by atoms with Gasteiger partial charge in [-0.2, -0.15) is 9.61 Å². The lowest BCUT2D eigenvalue weighted by Crippen LogP contribution is -2.19. The van der Waals surface area contributed by atoms with E-state index >= 15 is 0 Å². The lowest BCUT2D eigenvalue weighted by molar-refractivity contribution is 0.415. The highest BCUT2D eigenvalue weighted by Crippen LogP contribution is 2.28. The number of nitrogens with one attached hydrogen (secondary N) is 1. The van der Waals surface area contributed by atoms with E-state index in [1.807, 2.05) is 31.2 Å². The zero-order valence-electron chi connectivity index (χ0n) is 12.7. The lowest BCUT2D eigenvalue weighted by Gasteiger charge is -2.04. The van der Waals surface area contributed by atoms with Crippen LogP contribution in [0.2, 0.25) is 0 Å². The number of rotatable bonds is 4. The van der Waals surface area contributed by atoms with E-state index in [9.17, 15) is 4.79 Å². The summed E-state index contributed by atoms with van der Waals surface area (Å²) in [4.78, 5) is 19.4. The Kier molecular flexibility index (Phi) is 4.08. The first-order chi connectivity index (χ1) is 11.1. The number of benzene rings is 1. The van der Waals surface area contributed by atoms with Crippen LogP contribution in [0.4, 0.5) is 0 Å². The normalized spacial score (nSPS) is 10.7. The van der Waals surface area contributed by atoms with Crippen LogP contribution in [0.5, 0.6) is 5.75 Å². The predicted octanol–water partition coefficient (Wildman–Crippen LogP) is 2.13. The van der Waals surface area contributed by atoms with Gasteiger partial charge in [0.25, 0.3) is 0 Å². The molecule has 3 aromatic rings. The Labute approximate surface area is 136 Å². The Bertz CT molecular complexity index is 951. The van der Waals surface area contributed by atoms with Crippen molar-refractivity contribution in [2.24, 2.45) is 0 Å². The van der Waals surface area contributed by atoms with Crippen LogP contribution in [0.1, 0.15) is 5.69 Å². The predicted molar refractivity (Wildman–Crippen MR) is 89.9 cm³/mol. The maximum Gasteiger partial charge on any atom is 0.350 e. The Hall–Kier alpha value is -2.72. The second kappa shape index (κ2) is 6.18. The third kappa shape index (κ3) is 2.81. The van der Waals surface area contributed by atoms with E-state index in [1.54, 1.807) is 7.11 Å². The van der Waals surface area contributed by atoms with Gasteiger partial charge in [0, 0.05) is 5.56 Å². The Morgan fingerprint density at radius 3 is 2.78 bits per heavy atom. The van der Waals surface area contributed by atoms with Crippen molar-refractivity contribution in [2.45, 2.75) is 12.1 Å². The van der Waals surface area contributed by atoms with Gasteiger partial charge in [0.2, 0.25) is 0 Å². The molecule has 0 spiro atoms. The Balaban J connectivity index is 2.19. The van der Waals surface area contributed by atoms with Crippen LogP contribution >= 0.6 is 11.8 Å². The van der Waals surface area contributed by atoms with E-state index in [2.05, 4.69) is 21.0 Å². The summed E-state index contributed by atoms with van der Waals surface area (Å²) in [7, 11) is 1.62. The van der Waals surface area contributed by atoms with Gasteiger partial charge in [-0.1, -0.05) is 29.8 Å². The SMILES string of the molecule is C#CCSc1nc2c(-c3ccc(OC)cc3)c(C)nn2c(=O)[nH]1. The van der Waals surface area contributed by atoms with Crippen LogP contribution in [-0.4, -0.2) is 32.4 Å². The molecule has 0 fully saturated rings. The Morgan fingerprint density at radius 2 is 2.13 bits per heavy atom. The van der Waals surface area contributed by atoms with Crippen LogP contribution < -0.4 is 10.4 Å². The fourth-order valence-electron chi connectivity index (χ4n) is 2.30. The molecule has 7 heteroatoms. The molecular weight excluding hydrogens is 312 g/mol. The number of terminal acetylenes is 1. The van der Waals surface area contributed by atoms with Gasteiger partial charge in [-0.3, -0.25) is 4.98 Å². The number of H-pyrrole nitrogens is 1. The van der Waals surface area contributed by atoms with E-state index < -0.39 is 0 Å². The second-order valence-corrected chi connectivity index (χ2v) is 5.73. The molecule has 116 valence electrons. The number of aryl methyl sites for hydroxylation is 1. The molecule has 1 aromatic carbocycles. The summed E-state index contributed by atoms with van der Waals surface area (Å²) >= 11 is 1.30. The summed E-state index contributed by atoms with van der Waals surface area (Å²) in [5, 5.41) is 4.76. The number of ether oxygens (including phenoxy) is 1. The largest absolute Gasteiger partial charge is 0.497 e. The fraction of sp³-hybridized carbons (Fsp3) is 0.188. The van der Waals surface area contributed by atoms with E-state index in [1.165, 1.54) is 16.3 Å². The van der Waals surface area contributed by atoms with Crippen LogP contribution in [0.15, 0.2) is 34.2 Å². The molecule has 6 nitrogen and oxygen atoms in total. The minimum atomic E-state index is -0.336. The third-order valence-corrected chi connectivity index (χ3v) is 4.10. The molecule has 3 rings (SSSR count). The first-order valence-electron chi connectivity index (χ1n) is 6.84. The molecule has 0 unspecified atom stereocenters. The lowest BCUT2D eigenvalue weighted by atomic mass is 10.1. The summed E-state index contributed by atoms with van der Waals surface area (Å²) in [5.74, 6) is 3.71. The van der Waals surface area contributed by atoms with Crippen molar-refractivity contribution in [3.05, 3.63) is 40.4 Å². The highest BCUT2D eigenvalue weighted by atomic mass is 32.2. The van der Waals surface area contributed by atoms with Gasteiger partial charge in [0.15, 0.2) is 10.8 Å². The number of thioether (sulfide) groups is 1. The first kappa shape index (κ1) is 15.2. The van der Waals surface area contributed by atoms with Crippen molar-refractivity contribution in [2.75, 3.05) is 12.9 Å². The van der Waals surface area contributed by atoms with Gasteiger partial charge in [-0.15, -0.1) is 6.42 Å². The monoisotopic (exact) mass is 326 g/mol. The number of nitrogens with zero attached hydrogens (tertiary/aromatic N) is 3. The highest BCUT2D eigenvalue weighted by molar-refractivity contribution is 7.99. The molecule has 2 heterocycles. The first-order valence-corrected chi connectivity index (χ1v) is 7.83. The number of aromatic amines is 1. The van der Waals surface area contributed by atoms with Gasteiger partial charge in [0.05, 0.1) is 18.6 Å². The standard InChI is InChI=1S/C16H14N4O2S/c1-4-9-23-15-17-14-13(10(2)19-20(14)16(21)18-15)11-5-7-12(22-3)8-6-11/h1,5-8H,9H2,2-3H3,(H,17,18,21). The van der Waals surface area contributed by atoms with Gasteiger partial charge in [-0.05, 0) is 24.6 Å². The third-order valence-electron chi connectivity index (χ3n) is 3.32. The summed E-state index contributed by atoms with van der Waals surface area (Å²) in [5.41, 5.74) is 2.64. The average Bonchev–Trinajstić information content (AvgIpc) is 2.90. The average molecular weight is 326 g/mol.